The number of fused-ring (bicyclic) bond motifs is 7. The molecule has 0 saturated carbocycles. The maximum Gasteiger partial charge on any atom is 0.338 e. The molecule has 0 radical (unpaired) electrons. The molecule has 0 unspecified atom stereocenters. The molecular formula is C21H20O10P2. The summed E-state index contributed by atoms with van der Waals surface area (Å²) in [4.78, 5) is 24.6. The predicted molar refractivity (Wildman–Crippen MR) is 115 cm³/mol. The van der Waals surface area contributed by atoms with Gasteiger partial charge in [0.05, 0.1) is 61.6 Å². The number of benzene rings is 2. The Hall–Kier alpha value is -1.74. The number of carbonyl (C=O) groups excluding carboxylic acids is 1. The molecule has 0 atom stereocenters. The molecule has 0 amide bonds. The van der Waals surface area contributed by atoms with Crippen LogP contribution in [0.25, 0.3) is 10.8 Å². The normalized spacial score (nSPS) is 33.7. The third-order valence-electron chi connectivity index (χ3n) is 6.40. The minimum absolute atomic E-state index is 0.181. The Labute approximate surface area is 191 Å². The highest BCUT2D eigenvalue weighted by molar-refractivity contribution is 7.42. The SMILES string of the molecule is O=C(O)c1ccc2cc(C(=O)OC(C34COP(OC3)OC4)C34COP(OC3)OC4)ccc2c1. The zero-order chi connectivity index (χ0) is 22.6. The minimum Gasteiger partial charge on any atom is -0.478 e. The first-order chi connectivity index (χ1) is 16.0. The Morgan fingerprint density at radius 1 is 0.758 bits per heavy atom. The summed E-state index contributed by atoms with van der Waals surface area (Å²) in [7, 11) is -2.71. The van der Waals surface area contributed by atoms with Crippen LogP contribution in [0, 0.1) is 10.8 Å². The fourth-order valence-electron chi connectivity index (χ4n) is 4.60. The lowest BCUT2D eigenvalue weighted by Gasteiger charge is -2.55. The molecular weight excluding hydrogens is 474 g/mol. The molecule has 6 aliphatic heterocycles. The van der Waals surface area contributed by atoms with E-state index >= 15 is 0 Å². The van der Waals surface area contributed by atoms with E-state index in [0.29, 0.717) is 50.6 Å². The summed E-state index contributed by atoms with van der Waals surface area (Å²) < 4.78 is 40.3. The smallest absolute Gasteiger partial charge is 0.338 e. The first-order valence-electron chi connectivity index (χ1n) is 10.3. The first-order valence-corrected chi connectivity index (χ1v) is 12.5. The highest BCUT2D eigenvalue weighted by atomic mass is 31.2. The molecule has 2 aromatic carbocycles. The summed E-state index contributed by atoms with van der Waals surface area (Å²) in [6.07, 6.45) is -0.697. The number of carbonyl (C=O) groups is 2. The first kappa shape index (κ1) is 21.8. The van der Waals surface area contributed by atoms with Crippen LogP contribution in [0.5, 0.6) is 0 Å². The molecule has 6 heterocycles. The Morgan fingerprint density at radius 3 is 1.64 bits per heavy atom. The summed E-state index contributed by atoms with van der Waals surface area (Å²) in [6, 6.07) is 9.75. The highest BCUT2D eigenvalue weighted by Gasteiger charge is 2.62. The van der Waals surface area contributed by atoms with Gasteiger partial charge in [-0.15, -0.1) is 0 Å². The molecule has 0 aromatic heterocycles. The lowest BCUT2D eigenvalue weighted by atomic mass is 9.69. The van der Waals surface area contributed by atoms with Crippen LogP contribution in [0.1, 0.15) is 20.7 Å². The third-order valence-corrected chi connectivity index (χ3v) is 8.44. The van der Waals surface area contributed by atoms with Crippen molar-refractivity contribution in [3.05, 3.63) is 47.5 Å². The van der Waals surface area contributed by atoms with E-state index in [1.165, 1.54) is 6.07 Å². The van der Waals surface area contributed by atoms with E-state index in [4.69, 9.17) is 31.9 Å². The zero-order valence-electron chi connectivity index (χ0n) is 17.3. The molecule has 8 rings (SSSR count). The van der Waals surface area contributed by atoms with Crippen molar-refractivity contribution < 1.29 is 46.6 Å². The molecule has 174 valence electrons. The maximum absolute atomic E-state index is 13.3. The topological polar surface area (TPSA) is 119 Å². The fraction of sp³-hybridized carbons (Fsp3) is 0.429. The van der Waals surface area contributed by atoms with Gasteiger partial charge in [-0.2, -0.15) is 0 Å². The summed E-state index contributed by atoms with van der Waals surface area (Å²) in [5.41, 5.74) is -0.905. The van der Waals surface area contributed by atoms with Crippen LogP contribution in [0.3, 0.4) is 0 Å². The third kappa shape index (κ3) is 3.75. The second-order valence-electron chi connectivity index (χ2n) is 8.68. The van der Waals surface area contributed by atoms with Gasteiger partial charge in [-0.1, -0.05) is 12.1 Å². The largest absolute Gasteiger partial charge is 0.478 e. The number of hydrogen-bond acceptors (Lipinski definition) is 9. The number of carboxylic acid groups (broad SMARTS) is 1. The molecule has 10 nitrogen and oxygen atoms in total. The van der Waals surface area contributed by atoms with Crippen molar-refractivity contribution in [1.29, 1.82) is 0 Å². The summed E-state index contributed by atoms with van der Waals surface area (Å²) in [5, 5.41) is 10.6. The van der Waals surface area contributed by atoms with Crippen LogP contribution in [0.2, 0.25) is 0 Å². The van der Waals surface area contributed by atoms with Crippen molar-refractivity contribution in [2.24, 2.45) is 10.8 Å². The highest BCUT2D eigenvalue weighted by Crippen LogP contribution is 2.61. The average Bonchev–Trinajstić information content (AvgIpc) is 2.88. The number of rotatable bonds is 5. The molecule has 4 bridgehead atoms. The molecule has 6 saturated heterocycles. The van der Waals surface area contributed by atoms with E-state index < -0.39 is 46.1 Å². The molecule has 1 N–H and O–H groups in total. The van der Waals surface area contributed by atoms with Crippen molar-refractivity contribution in [1.82, 2.24) is 0 Å². The Balaban J connectivity index is 1.32. The van der Waals surface area contributed by atoms with Gasteiger partial charge in [0.2, 0.25) is 0 Å². The molecule has 6 aliphatic rings. The number of carboxylic acids is 1. The monoisotopic (exact) mass is 494 g/mol. The van der Waals surface area contributed by atoms with Crippen molar-refractivity contribution >= 4 is 39.9 Å². The lowest BCUT2D eigenvalue weighted by Crippen LogP contribution is -2.64. The number of hydrogen-bond donors (Lipinski definition) is 1. The van der Waals surface area contributed by atoms with Gasteiger partial charge in [0.1, 0.15) is 6.10 Å². The molecule has 6 fully saturated rings. The van der Waals surface area contributed by atoms with E-state index in [1.54, 1.807) is 30.3 Å². The van der Waals surface area contributed by atoms with E-state index in [2.05, 4.69) is 0 Å². The predicted octanol–water partition coefficient (Wildman–Crippen LogP) is 3.64. The molecule has 12 heteroatoms. The zero-order valence-corrected chi connectivity index (χ0v) is 19.1. The van der Waals surface area contributed by atoms with E-state index in [1.807, 2.05) is 0 Å². The summed E-state index contributed by atoms with van der Waals surface area (Å²) in [5.74, 6) is -1.53. The number of aromatic carboxylic acids is 1. The van der Waals surface area contributed by atoms with Crippen molar-refractivity contribution in [3.63, 3.8) is 0 Å². The van der Waals surface area contributed by atoms with Gasteiger partial charge in [0.15, 0.2) is 0 Å². The van der Waals surface area contributed by atoms with Crippen LogP contribution < -0.4 is 0 Å². The minimum atomic E-state index is -1.35. The molecule has 0 spiro atoms. The summed E-state index contributed by atoms with van der Waals surface area (Å²) >= 11 is 0. The van der Waals surface area contributed by atoms with Crippen LogP contribution in [-0.2, 0) is 31.9 Å². The van der Waals surface area contributed by atoms with Crippen molar-refractivity contribution in [2.45, 2.75) is 6.10 Å². The lowest BCUT2D eigenvalue weighted by molar-refractivity contribution is -0.213. The van der Waals surface area contributed by atoms with E-state index in [0.717, 1.165) is 5.39 Å². The number of ether oxygens (including phenoxy) is 1. The average molecular weight is 494 g/mol. The Morgan fingerprint density at radius 2 is 1.18 bits per heavy atom. The van der Waals surface area contributed by atoms with Gasteiger partial charge in [0, 0.05) is 0 Å². The van der Waals surface area contributed by atoms with Gasteiger partial charge in [-0.05, 0) is 35.0 Å². The molecule has 33 heavy (non-hydrogen) atoms. The quantitative estimate of drug-likeness (QED) is 0.487. The maximum atomic E-state index is 13.3. The van der Waals surface area contributed by atoms with Crippen LogP contribution >= 0.6 is 17.2 Å². The standard InChI is InChI=1S/C21H20O10P2/c22-17(23)15-3-1-14-6-16(4-2-13(14)5-15)18(24)31-19(20-7-25-32(26-8-20)27-9-20)21-10-28-33(29-11-21)30-12-21/h1-6,19H,7-12H2,(H,22,23). The second-order valence-corrected chi connectivity index (χ2v) is 11.1. The van der Waals surface area contributed by atoms with E-state index in [9.17, 15) is 14.7 Å². The Bertz CT molecular complexity index is 1050. The van der Waals surface area contributed by atoms with Gasteiger partial charge >= 0.3 is 29.1 Å². The van der Waals surface area contributed by atoms with Crippen LogP contribution in [0.4, 0.5) is 0 Å². The van der Waals surface area contributed by atoms with Gasteiger partial charge < -0.3 is 37.0 Å². The molecule has 2 aromatic rings. The van der Waals surface area contributed by atoms with Crippen LogP contribution in [-0.4, -0.2) is 62.8 Å². The van der Waals surface area contributed by atoms with Gasteiger partial charge in [-0.3, -0.25) is 0 Å². The van der Waals surface area contributed by atoms with Crippen molar-refractivity contribution in [3.8, 4) is 0 Å². The van der Waals surface area contributed by atoms with E-state index in [-0.39, 0.29) is 5.56 Å². The second kappa shape index (κ2) is 8.18. The number of esters is 1. The summed E-state index contributed by atoms with van der Waals surface area (Å²) in [6.45, 7) is 2.02. The van der Waals surface area contributed by atoms with Crippen LogP contribution in [0.15, 0.2) is 36.4 Å². The van der Waals surface area contributed by atoms with Crippen molar-refractivity contribution in [2.75, 3.05) is 39.6 Å². The fourth-order valence-corrected chi connectivity index (χ4v) is 7.22. The molecule has 0 aliphatic carbocycles. The van der Waals surface area contributed by atoms with Gasteiger partial charge in [-0.25, -0.2) is 9.59 Å². The Kier molecular flexibility index (Phi) is 5.40. The van der Waals surface area contributed by atoms with Gasteiger partial charge in [0.25, 0.3) is 0 Å².